The number of nitrogens with two attached hydrogens (primary N) is 1. The maximum atomic E-state index is 13.7. The molecule has 0 saturated heterocycles. The highest BCUT2D eigenvalue weighted by molar-refractivity contribution is 6.30. The Morgan fingerprint density at radius 2 is 2.10 bits per heavy atom. The molecule has 114 valence electrons. The number of carbonyl (C=O) groups is 1. The second-order valence-corrected chi connectivity index (χ2v) is 4.08. The predicted molar refractivity (Wildman–Crippen MR) is 68.8 cm³/mol. The number of aromatic hydroxyl groups is 1. The van der Waals surface area contributed by atoms with Gasteiger partial charge in [0.05, 0.1) is 6.61 Å². The van der Waals surface area contributed by atoms with Gasteiger partial charge in [-0.3, -0.25) is 0 Å². The second-order valence-electron chi connectivity index (χ2n) is 3.65. The van der Waals surface area contributed by atoms with Crippen molar-refractivity contribution in [2.24, 2.45) is 5.73 Å². The number of halogens is 5. The van der Waals surface area contributed by atoms with Gasteiger partial charge in [-0.1, -0.05) is 11.6 Å². The third kappa shape index (κ3) is 3.68. The van der Waals surface area contributed by atoms with E-state index in [1.54, 1.807) is 0 Å². The molecule has 0 aromatic heterocycles. The Kier molecular flexibility index (Phi) is 6.60. The Hall–Kier alpha value is -1.18. The third-order valence-corrected chi connectivity index (χ3v) is 2.55. The van der Waals surface area contributed by atoms with Gasteiger partial charge in [-0.15, -0.1) is 12.4 Å². The molecule has 9 heteroatoms. The summed E-state index contributed by atoms with van der Waals surface area (Å²) >= 11 is 5.49. The molecule has 0 fully saturated rings. The maximum absolute atomic E-state index is 13.7. The SMILES string of the molecule is CCOC(=O)C(F)(F)[C@H](N)c1cc(Cl)cc(F)c1O.Cl. The molecule has 1 atom stereocenters. The topological polar surface area (TPSA) is 72.5 Å². The minimum Gasteiger partial charge on any atom is -0.505 e. The van der Waals surface area contributed by atoms with Gasteiger partial charge in [0.1, 0.15) is 6.04 Å². The fraction of sp³-hybridized carbons (Fsp3) is 0.364. The van der Waals surface area contributed by atoms with Crippen molar-refractivity contribution in [2.45, 2.75) is 18.9 Å². The van der Waals surface area contributed by atoms with E-state index in [1.807, 2.05) is 0 Å². The van der Waals surface area contributed by atoms with Crippen molar-refractivity contribution < 1.29 is 27.8 Å². The van der Waals surface area contributed by atoms with Crippen LogP contribution < -0.4 is 5.73 Å². The average Bonchev–Trinajstić information content (AvgIpc) is 2.33. The molecule has 0 aliphatic heterocycles. The van der Waals surface area contributed by atoms with E-state index in [-0.39, 0.29) is 24.0 Å². The lowest BCUT2D eigenvalue weighted by molar-refractivity contribution is -0.174. The number of benzene rings is 1. The van der Waals surface area contributed by atoms with E-state index in [9.17, 15) is 23.1 Å². The normalized spacial score (nSPS) is 12.5. The fourth-order valence-electron chi connectivity index (χ4n) is 1.37. The molecule has 0 spiro atoms. The number of rotatable bonds is 4. The number of ether oxygens (including phenoxy) is 1. The van der Waals surface area contributed by atoms with E-state index in [0.717, 1.165) is 12.1 Å². The molecule has 1 aromatic carbocycles. The van der Waals surface area contributed by atoms with E-state index in [1.165, 1.54) is 6.92 Å². The molecule has 0 heterocycles. The van der Waals surface area contributed by atoms with Crippen LogP contribution in [0.4, 0.5) is 13.2 Å². The van der Waals surface area contributed by atoms with Crippen LogP contribution in [0.5, 0.6) is 5.75 Å². The van der Waals surface area contributed by atoms with E-state index >= 15 is 0 Å². The van der Waals surface area contributed by atoms with Gasteiger partial charge in [-0.25, -0.2) is 9.18 Å². The molecule has 0 radical (unpaired) electrons. The number of carbonyl (C=O) groups excluding carboxylic acids is 1. The maximum Gasteiger partial charge on any atom is 0.379 e. The van der Waals surface area contributed by atoms with Gasteiger partial charge in [0.15, 0.2) is 11.6 Å². The monoisotopic (exact) mass is 333 g/mol. The van der Waals surface area contributed by atoms with Gasteiger partial charge in [-0.05, 0) is 19.1 Å². The Balaban J connectivity index is 0.00000361. The summed E-state index contributed by atoms with van der Waals surface area (Å²) in [7, 11) is 0. The van der Waals surface area contributed by atoms with Gasteiger partial charge in [-0.2, -0.15) is 8.78 Å². The summed E-state index contributed by atoms with van der Waals surface area (Å²) < 4.78 is 44.7. The minimum atomic E-state index is -4.12. The molecule has 1 rings (SSSR count). The van der Waals surface area contributed by atoms with Crippen molar-refractivity contribution in [2.75, 3.05) is 6.61 Å². The van der Waals surface area contributed by atoms with Gasteiger partial charge in [0, 0.05) is 10.6 Å². The number of phenolic OH excluding ortho intramolecular Hbond substituents is 1. The highest BCUT2D eigenvalue weighted by Crippen LogP contribution is 2.37. The minimum absolute atomic E-state index is 0. The lowest BCUT2D eigenvalue weighted by Crippen LogP contribution is -2.41. The van der Waals surface area contributed by atoms with E-state index < -0.39 is 35.1 Å². The van der Waals surface area contributed by atoms with Gasteiger partial charge in [0.2, 0.25) is 0 Å². The first-order chi connectivity index (χ1) is 8.71. The molecule has 0 aliphatic carbocycles. The zero-order chi connectivity index (χ0) is 14.8. The van der Waals surface area contributed by atoms with Crippen LogP contribution in [0, 0.1) is 5.82 Å². The zero-order valence-corrected chi connectivity index (χ0v) is 11.8. The van der Waals surface area contributed by atoms with Gasteiger partial charge >= 0.3 is 11.9 Å². The molecule has 0 unspecified atom stereocenters. The number of hydrogen-bond donors (Lipinski definition) is 2. The summed E-state index contributed by atoms with van der Waals surface area (Å²) in [5.41, 5.74) is 4.53. The van der Waals surface area contributed by atoms with Crippen molar-refractivity contribution in [3.63, 3.8) is 0 Å². The number of phenols is 1. The molecule has 0 aliphatic rings. The Morgan fingerprint density at radius 1 is 1.55 bits per heavy atom. The van der Waals surface area contributed by atoms with Crippen LogP contribution in [0.3, 0.4) is 0 Å². The van der Waals surface area contributed by atoms with Crippen LogP contribution >= 0.6 is 24.0 Å². The molecular weight excluding hydrogens is 322 g/mol. The molecule has 0 saturated carbocycles. The first kappa shape index (κ1) is 18.8. The lowest BCUT2D eigenvalue weighted by atomic mass is 10.00. The largest absolute Gasteiger partial charge is 0.505 e. The molecule has 3 N–H and O–H groups in total. The van der Waals surface area contributed by atoms with Crippen LogP contribution in [0.15, 0.2) is 12.1 Å². The Morgan fingerprint density at radius 3 is 2.60 bits per heavy atom. The van der Waals surface area contributed by atoms with Crippen molar-refractivity contribution in [3.8, 4) is 5.75 Å². The lowest BCUT2D eigenvalue weighted by Gasteiger charge is -2.22. The zero-order valence-electron chi connectivity index (χ0n) is 10.2. The summed E-state index contributed by atoms with van der Waals surface area (Å²) in [6.07, 6.45) is 0. The first-order valence-corrected chi connectivity index (χ1v) is 5.58. The van der Waals surface area contributed by atoms with Crippen LogP contribution in [0.2, 0.25) is 5.02 Å². The number of alkyl halides is 2. The third-order valence-electron chi connectivity index (χ3n) is 2.33. The van der Waals surface area contributed by atoms with Crippen molar-refractivity contribution in [3.05, 3.63) is 28.5 Å². The Bertz CT molecular complexity index is 500. The highest BCUT2D eigenvalue weighted by Gasteiger charge is 2.49. The Labute approximate surface area is 124 Å². The van der Waals surface area contributed by atoms with Gasteiger partial charge in [0.25, 0.3) is 0 Å². The molecular formula is C11H12Cl2F3NO3. The number of esters is 1. The standard InChI is InChI=1S/C11H11ClF3NO3.ClH/c1-2-19-10(18)11(14,15)9(16)6-3-5(12)4-7(13)8(6)17;/h3-4,9,17H,2,16H2,1H3;1H/t9-;/m1./s1. The smallest absolute Gasteiger partial charge is 0.379 e. The molecule has 4 nitrogen and oxygen atoms in total. The first-order valence-electron chi connectivity index (χ1n) is 5.20. The molecule has 0 bridgehead atoms. The summed E-state index contributed by atoms with van der Waals surface area (Å²) in [6, 6.07) is -0.687. The van der Waals surface area contributed by atoms with E-state index in [4.69, 9.17) is 17.3 Å². The van der Waals surface area contributed by atoms with Gasteiger partial charge < -0.3 is 15.6 Å². The second kappa shape index (κ2) is 7.01. The quantitative estimate of drug-likeness (QED) is 0.831. The van der Waals surface area contributed by atoms with Crippen LogP contribution in [-0.4, -0.2) is 23.6 Å². The fourth-order valence-corrected chi connectivity index (χ4v) is 1.59. The highest BCUT2D eigenvalue weighted by atomic mass is 35.5. The van der Waals surface area contributed by atoms with Crippen molar-refractivity contribution >= 4 is 30.0 Å². The summed E-state index contributed by atoms with van der Waals surface area (Å²) in [5.74, 6) is -8.27. The number of hydrogen-bond acceptors (Lipinski definition) is 4. The van der Waals surface area contributed by atoms with Crippen molar-refractivity contribution in [1.82, 2.24) is 0 Å². The summed E-state index contributed by atoms with van der Waals surface area (Å²) in [5, 5.41) is 9.13. The molecule has 1 aromatic rings. The predicted octanol–water partition coefficient (Wildman–Crippen LogP) is 2.80. The molecule has 0 amide bonds. The summed E-state index contributed by atoms with van der Waals surface area (Å²) in [4.78, 5) is 11.1. The van der Waals surface area contributed by atoms with Crippen LogP contribution in [-0.2, 0) is 9.53 Å². The van der Waals surface area contributed by atoms with Crippen LogP contribution in [0.25, 0.3) is 0 Å². The molecule has 20 heavy (non-hydrogen) atoms. The van der Waals surface area contributed by atoms with Crippen LogP contribution in [0.1, 0.15) is 18.5 Å². The van der Waals surface area contributed by atoms with E-state index in [2.05, 4.69) is 4.74 Å². The van der Waals surface area contributed by atoms with Crippen molar-refractivity contribution in [1.29, 1.82) is 0 Å². The van der Waals surface area contributed by atoms with E-state index in [0.29, 0.717) is 0 Å². The summed E-state index contributed by atoms with van der Waals surface area (Å²) in [6.45, 7) is 1.08. The average molecular weight is 334 g/mol.